The molecule has 2 N–H and O–H groups in total. The first-order valence-electron chi connectivity index (χ1n) is 14.1. The molecule has 4 aromatic carbocycles. The molecule has 1 saturated heterocycles. The molecule has 5 rings (SSSR count). The Bertz CT molecular complexity index is 1370. The first kappa shape index (κ1) is 28.8. The van der Waals surface area contributed by atoms with Crippen LogP contribution in [0, 0.1) is 0 Å². The highest BCUT2D eigenvalue weighted by Gasteiger charge is 2.35. The van der Waals surface area contributed by atoms with Gasteiger partial charge in [-0.15, -0.1) is 0 Å². The van der Waals surface area contributed by atoms with Crippen molar-refractivity contribution in [3.63, 3.8) is 0 Å². The highest BCUT2D eigenvalue weighted by Crippen LogP contribution is 2.31. The van der Waals surface area contributed by atoms with Crippen molar-refractivity contribution in [2.24, 2.45) is 0 Å². The van der Waals surface area contributed by atoms with Gasteiger partial charge in [0.15, 0.2) is 23.0 Å². The molecule has 0 radical (unpaired) electrons. The van der Waals surface area contributed by atoms with Gasteiger partial charge in [-0.3, -0.25) is 5.01 Å². The van der Waals surface area contributed by atoms with Gasteiger partial charge in [0.05, 0.1) is 20.8 Å². The number of hydrogen-bond acceptors (Lipinski definition) is 6. The number of hydrazine groups is 1. The van der Waals surface area contributed by atoms with Crippen LogP contribution in [0.5, 0.6) is 23.0 Å². The molecule has 8 heteroatoms. The van der Waals surface area contributed by atoms with E-state index in [-0.39, 0.29) is 23.6 Å². The molecule has 1 atom stereocenters. The van der Waals surface area contributed by atoms with Crippen molar-refractivity contribution < 1.29 is 24.5 Å². The van der Waals surface area contributed by atoms with Crippen LogP contribution in [0.1, 0.15) is 28.7 Å². The van der Waals surface area contributed by atoms with Crippen LogP contribution in [0.4, 0.5) is 4.79 Å². The van der Waals surface area contributed by atoms with E-state index < -0.39 is 0 Å². The van der Waals surface area contributed by atoms with Gasteiger partial charge in [0.25, 0.3) is 0 Å². The van der Waals surface area contributed by atoms with E-state index in [1.165, 1.54) is 14.2 Å². The summed E-state index contributed by atoms with van der Waals surface area (Å²) in [6, 6.07) is 30.6. The molecule has 4 aromatic rings. The molecule has 0 aromatic heterocycles. The zero-order valence-corrected chi connectivity index (χ0v) is 24.0. The summed E-state index contributed by atoms with van der Waals surface area (Å²) in [5.74, 6) is 0.837. The van der Waals surface area contributed by atoms with Gasteiger partial charge >= 0.3 is 6.03 Å². The van der Waals surface area contributed by atoms with Crippen molar-refractivity contribution in [2.45, 2.75) is 38.5 Å². The van der Waals surface area contributed by atoms with E-state index in [1.807, 2.05) is 58.4 Å². The molecule has 0 saturated carbocycles. The van der Waals surface area contributed by atoms with E-state index in [4.69, 9.17) is 9.47 Å². The molecule has 1 aliphatic heterocycles. The Kier molecular flexibility index (Phi) is 9.14. The molecular weight excluding hydrogens is 530 g/mol. The minimum Gasteiger partial charge on any atom is -0.504 e. The number of amides is 2. The second kappa shape index (κ2) is 13.3. The molecule has 1 aliphatic rings. The number of phenols is 2. The standard InChI is InChI=1S/C34H37N3O5/c1-41-32-20-27(13-15-30(32)38)23-36-29(19-25-9-5-3-6-10-25)17-18-35(22-26-11-7-4-8-12-26)37(34(36)40)24-28-14-16-31(39)33(21-28)42-2/h3-16,20-21,29,38-39H,17-19,22-24H2,1-2H3/t29-/m0/s1. The number of benzene rings is 4. The number of ether oxygens (including phenoxy) is 2. The van der Waals surface area contributed by atoms with Crippen LogP contribution in [-0.2, 0) is 26.1 Å². The molecule has 8 nitrogen and oxygen atoms in total. The summed E-state index contributed by atoms with van der Waals surface area (Å²) in [6.45, 7) is 1.89. The number of urea groups is 1. The summed E-state index contributed by atoms with van der Waals surface area (Å²) in [6.07, 6.45) is 1.47. The van der Waals surface area contributed by atoms with Crippen molar-refractivity contribution >= 4 is 6.03 Å². The van der Waals surface area contributed by atoms with Gasteiger partial charge < -0.3 is 24.6 Å². The van der Waals surface area contributed by atoms with E-state index in [2.05, 4.69) is 29.3 Å². The first-order chi connectivity index (χ1) is 20.4. The number of carbonyl (C=O) groups is 1. The van der Waals surface area contributed by atoms with Crippen LogP contribution < -0.4 is 9.47 Å². The Labute approximate surface area is 246 Å². The minimum absolute atomic E-state index is 0.0513. The third-order valence-electron chi connectivity index (χ3n) is 7.66. The van der Waals surface area contributed by atoms with E-state index in [0.717, 1.165) is 28.7 Å². The highest BCUT2D eigenvalue weighted by atomic mass is 16.5. The Morgan fingerprint density at radius 1 is 0.690 bits per heavy atom. The lowest BCUT2D eigenvalue weighted by molar-refractivity contribution is -0.00252. The predicted molar refractivity (Wildman–Crippen MR) is 161 cm³/mol. The number of rotatable bonds is 10. The summed E-state index contributed by atoms with van der Waals surface area (Å²) >= 11 is 0. The van der Waals surface area contributed by atoms with Gasteiger partial charge in [0, 0.05) is 25.7 Å². The van der Waals surface area contributed by atoms with Gasteiger partial charge in [-0.1, -0.05) is 72.8 Å². The number of aromatic hydroxyl groups is 2. The summed E-state index contributed by atoms with van der Waals surface area (Å²) in [4.78, 5) is 16.6. The van der Waals surface area contributed by atoms with Gasteiger partial charge in [0.1, 0.15) is 0 Å². The molecule has 0 spiro atoms. The van der Waals surface area contributed by atoms with Crippen molar-refractivity contribution in [1.29, 1.82) is 0 Å². The Morgan fingerprint density at radius 2 is 1.24 bits per heavy atom. The van der Waals surface area contributed by atoms with Crippen LogP contribution in [-0.4, -0.2) is 58.0 Å². The quantitative estimate of drug-likeness (QED) is 0.246. The first-order valence-corrected chi connectivity index (χ1v) is 14.1. The van der Waals surface area contributed by atoms with Crippen molar-refractivity contribution in [3.8, 4) is 23.0 Å². The molecule has 218 valence electrons. The highest BCUT2D eigenvalue weighted by molar-refractivity contribution is 5.75. The molecule has 1 fully saturated rings. The van der Waals surface area contributed by atoms with Gasteiger partial charge in [0.2, 0.25) is 0 Å². The van der Waals surface area contributed by atoms with E-state index in [1.54, 1.807) is 24.3 Å². The van der Waals surface area contributed by atoms with Crippen LogP contribution in [0.2, 0.25) is 0 Å². The number of nitrogens with zero attached hydrogens (tertiary/aromatic N) is 3. The predicted octanol–water partition coefficient (Wildman–Crippen LogP) is 5.97. The van der Waals surface area contributed by atoms with Crippen molar-refractivity contribution in [3.05, 3.63) is 119 Å². The fourth-order valence-electron chi connectivity index (χ4n) is 5.43. The average molecular weight is 568 g/mol. The van der Waals surface area contributed by atoms with E-state index >= 15 is 0 Å². The average Bonchev–Trinajstić information content (AvgIpc) is 3.12. The molecule has 42 heavy (non-hydrogen) atoms. The lowest BCUT2D eigenvalue weighted by Crippen LogP contribution is -2.50. The third kappa shape index (κ3) is 6.78. The maximum atomic E-state index is 14.6. The monoisotopic (exact) mass is 567 g/mol. The van der Waals surface area contributed by atoms with E-state index in [0.29, 0.717) is 44.1 Å². The number of methoxy groups -OCH3 is 2. The Hall–Kier alpha value is -4.69. The number of carbonyl (C=O) groups excluding carboxylic acids is 1. The SMILES string of the molecule is COc1cc(CN2C(=O)N(Cc3ccc(O)c(OC)c3)N(Cc3ccccc3)CC[C@H]2Cc2ccccc2)ccc1O. The second-order valence-corrected chi connectivity index (χ2v) is 10.5. The Balaban J connectivity index is 1.53. The largest absolute Gasteiger partial charge is 0.504 e. The fraction of sp³-hybridized carbons (Fsp3) is 0.265. The second-order valence-electron chi connectivity index (χ2n) is 10.5. The third-order valence-corrected chi connectivity index (χ3v) is 7.66. The topological polar surface area (TPSA) is 85.7 Å². The number of hydrogen-bond donors (Lipinski definition) is 2. The molecule has 0 bridgehead atoms. The van der Waals surface area contributed by atoms with Gasteiger partial charge in [-0.25, -0.2) is 9.80 Å². The molecule has 0 unspecified atom stereocenters. The van der Waals surface area contributed by atoms with Crippen molar-refractivity contribution in [1.82, 2.24) is 14.9 Å². The molecular formula is C34H37N3O5. The molecule has 0 aliphatic carbocycles. The molecule has 1 heterocycles. The summed E-state index contributed by atoms with van der Waals surface area (Å²) in [5, 5.41) is 24.3. The zero-order valence-electron chi connectivity index (χ0n) is 24.0. The van der Waals surface area contributed by atoms with Crippen LogP contribution in [0.15, 0.2) is 97.1 Å². The van der Waals surface area contributed by atoms with Gasteiger partial charge in [-0.05, 0) is 59.4 Å². The van der Waals surface area contributed by atoms with E-state index in [9.17, 15) is 15.0 Å². The van der Waals surface area contributed by atoms with Gasteiger partial charge in [-0.2, -0.15) is 0 Å². The summed E-state index contributed by atoms with van der Waals surface area (Å²) in [5.41, 5.74) is 3.97. The lowest BCUT2D eigenvalue weighted by Gasteiger charge is -2.36. The Morgan fingerprint density at radius 3 is 1.81 bits per heavy atom. The summed E-state index contributed by atoms with van der Waals surface area (Å²) in [7, 11) is 3.03. The maximum absolute atomic E-state index is 14.6. The summed E-state index contributed by atoms with van der Waals surface area (Å²) < 4.78 is 10.7. The molecule has 2 amide bonds. The smallest absolute Gasteiger partial charge is 0.335 e. The van der Waals surface area contributed by atoms with Crippen LogP contribution in [0.3, 0.4) is 0 Å². The fourth-order valence-corrected chi connectivity index (χ4v) is 5.43. The van der Waals surface area contributed by atoms with Crippen LogP contribution in [0.25, 0.3) is 0 Å². The number of phenolic OH excluding ortho intramolecular Hbond substituents is 2. The zero-order chi connectivity index (χ0) is 29.5. The normalized spacial score (nSPS) is 15.9. The lowest BCUT2D eigenvalue weighted by atomic mass is 10.0. The van der Waals surface area contributed by atoms with Crippen LogP contribution >= 0.6 is 0 Å². The maximum Gasteiger partial charge on any atom is 0.335 e. The minimum atomic E-state index is -0.122. The van der Waals surface area contributed by atoms with Crippen molar-refractivity contribution in [2.75, 3.05) is 20.8 Å².